The van der Waals surface area contributed by atoms with Gasteiger partial charge in [-0.1, -0.05) is 13.8 Å². The molecule has 0 amide bonds. The Labute approximate surface area is 228 Å². The second kappa shape index (κ2) is 10.5. The lowest BCUT2D eigenvalue weighted by Crippen LogP contribution is -2.51. The summed E-state index contributed by atoms with van der Waals surface area (Å²) in [5.41, 5.74) is 2.86. The number of nitriles is 1. The molecular weight excluding hydrogens is 492 g/mol. The van der Waals surface area contributed by atoms with Crippen LogP contribution in [0.5, 0.6) is 5.75 Å². The van der Waals surface area contributed by atoms with Crippen LogP contribution < -0.4 is 15.0 Å². The molecule has 2 N–H and O–H groups in total. The monoisotopic (exact) mass is 526 g/mol. The van der Waals surface area contributed by atoms with Crippen LogP contribution in [0.3, 0.4) is 0 Å². The number of aryl methyl sites for hydroxylation is 1. The van der Waals surface area contributed by atoms with Crippen LogP contribution in [-0.2, 0) is 0 Å². The Morgan fingerprint density at radius 1 is 1.10 bits per heavy atom. The zero-order valence-corrected chi connectivity index (χ0v) is 23.0. The van der Waals surface area contributed by atoms with Crippen molar-refractivity contribution in [3.63, 3.8) is 0 Å². The number of pyridine rings is 2. The molecule has 10 nitrogen and oxygen atoms in total. The van der Waals surface area contributed by atoms with Crippen LogP contribution in [0.15, 0.2) is 49.2 Å². The number of ether oxygens (including phenoxy) is 1. The molecular formula is C29H34N8O2. The summed E-state index contributed by atoms with van der Waals surface area (Å²) in [6, 6.07) is 8.40. The first-order valence-corrected chi connectivity index (χ1v) is 13.1. The molecule has 0 radical (unpaired) electrons. The lowest BCUT2D eigenvalue weighted by molar-refractivity contribution is 0.0283. The van der Waals surface area contributed by atoms with Crippen molar-refractivity contribution in [2.24, 2.45) is 11.8 Å². The first kappa shape index (κ1) is 26.4. The van der Waals surface area contributed by atoms with Gasteiger partial charge in [0, 0.05) is 48.8 Å². The predicted octanol–water partition coefficient (Wildman–Crippen LogP) is 4.09. The predicted molar refractivity (Wildman–Crippen MR) is 150 cm³/mol. The fourth-order valence-corrected chi connectivity index (χ4v) is 5.12. The molecule has 5 rings (SSSR count). The summed E-state index contributed by atoms with van der Waals surface area (Å²) in [5, 5.41) is 27.6. The molecule has 1 saturated heterocycles. The fourth-order valence-electron chi connectivity index (χ4n) is 5.12. The van der Waals surface area contributed by atoms with Gasteiger partial charge in [0.15, 0.2) is 0 Å². The van der Waals surface area contributed by atoms with Gasteiger partial charge in [-0.05, 0) is 56.4 Å². The van der Waals surface area contributed by atoms with E-state index in [9.17, 15) is 10.4 Å². The molecule has 39 heavy (non-hydrogen) atoms. The smallest absolute Gasteiger partial charge is 0.222 e. The van der Waals surface area contributed by atoms with Gasteiger partial charge in [0.05, 0.1) is 29.1 Å². The largest absolute Gasteiger partial charge is 0.489 e. The van der Waals surface area contributed by atoms with Gasteiger partial charge in [0.25, 0.3) is 0 Å². The molecule has 1 aliphatic rings. The molecule has 0 aromatic carbocycles. The Morgan fingerprint density at radius 2 is 1.82 bits per heavy atom. The number of anilines is 2. The zero-order chi connectivity index (χ0) is 27.7. The van der Waals surface area contributed by atoms with Crippen molar-refractivity contribution in [2.75, 3.05) is 29.9 Å². The summed E-state index contributed by atoms with van der Waals surface area (Å²) in [4.78, 5) is 16.0. The normalized spacial score (nSPS) is 19.6. The Bertz CT molecular complexity index is 1470. The average molecular weight is 527 g/mol. The summed E-state index contributed by atoms with van der Waals surface area (Å²) in [7, 11) is 0. The highest BCUT2D eigenvalue weighted by molar-refractivity contribution is 5.85. The maximum absolute atomic E-state index is 10.1. The molecule has 4 aromatic rings. The number of piperidine rings is 1. The van der Waals surface area contributed by atoms with Gasteiger partial charge in [-0.25, -0.2) is 19.5 Å². The zero-order valence-electron chi connectivity index (χ0n) is 23.0. The van der Waals surface area contributed by atoms with Crippen LogP contribution in [0.25, 0.3) is 16.6 Å². The van der Waals surface area contributed by atoms with E-state index in [-0.39, 0.29) is 12.6 Å². The first-order chi connectivity index (χ1) is 18.6. The van der Waals surface area contributed by atoms with Crippen molar-refractivity contribution in [3.05, 3.63) is 60.3 Å². The average Bonchev–Trinajstić information content (AvgIpc) is 3.33. The van der Waals surface area contributed by atoms with Gasteiger partial charge < -0.3 is 20.1 Å². The van der Waals surface area contributed by atoms with Crippen LogP contribution in [-0.4, -0.2) is 61.0 Å². The van der Waals surface area contributed by atoms with E-state index in [0.717, 1.165) is 35.6 Å². The quantitative estimate of drug-likeness (QED) is 0.366. The van der Waals surface area contributed by atoms with Gasteiger partial charge in [-0.3, -0.25) is 0 Å². The van der Waals surface area contributed by atoms with Crippen molar-refractivity contribution in [1.29, 1.82) is 5.26 Å². The number of aromatic nitrogens is 5. The van der Waals surface area contributed by atoms with E-state index >= 15 is 0 Å². The molecule has 1 fully saturated rings. The highest BCUT2D eigenvalue weighted by Gasteiger charge is 2.33. The molecule has 0 saturated carbocycles. The minimum absolute atomic E-state index is 0.124. The van der Waals surface area contributed by atoms with E-state index in [1.165, 1.54) is 0 Å². The number of hydrogen-bond acceptors (Lipinski definition) is 9. The summed E-state index contributed by atoms with van der Waals surface area (Å²) in [5.74, 6) is 2.83. The van der Waals surface area contributed by atoms with Crippen LogP contribution in [0.1, 0.15) is 38.8 Å². The summed E-state index contributed by atoms with van der Waals surface area (Å²) < 4.78 is 7.49. The van der Waals surface area contributed by atoms with Crippen molar-refractivity contribution in [3.8, 4) is 22.9 Å². The first-order valence-electron chi connectivity index (χ1n) is 13.1. The Kier molecular flexibility index (Phi) is 7.10. The van der Waals surface area contributed by atoms with Crippen LogP contribution >= 0.6 is 0 Å². The van der Waals surface area contributed by atoms with E-state index in [1.807, 2.05) is 43.7 Å². The van der Waals surface area contributed by atoms with Crippen molar-refractivity contribution < 1.29 is 9.84 Å². The molecule has 3 atom stereocenters. The van der Waals surface area contributed by atoms with Gasteiger partial charge in [0.2, 0.25) is 5.95 Å². The number of fused-ring (bicyclic) bond motifs is 1. The van der Waals surface area contributed by atoms with Gasteiger partial charge in [0.1, 0.15) is 24.2 Å². The summed E-state index contributed by atoms with van der Waals surface area (Å²) in [6.07, 6.45) is 8.76. The third-order valence-corrected chi connectivity index (χ3v) is 7.00. The standard InChI is InChI=1S/C29H34N8O2/c1-18-10-32-28(33-11-18)35-26-19(2)14-36(15-20(26)3)25-7-6-21(12-31-25)24-8-23(39-17-29(4,5)38)16-37-27(24)22(9-30)13-34-37/h6-8,10-13,16,19-20,26,38H,14-15,17H2,1-5H3,(H,32,33,35)/t19-,20+,26+. The summed E-state index contributed by atoms with van der Waals surface area (Å²) in [6.45, 7) is 11.7. The number of aliphatic hydroxyl groups is 1. The lowest BCUT2D eigenvalue weighted by Gasteiger charge is -2.42. The third-order valence-electron chi connectivity index (χ3n) is 7.00. The molecule has 10 heteroatoms. The molecule has 1 aliphatic heterocycles. The SMILES string of the molecule is Cc1cnc(N[C@H]2[C@H](C)CN(c3ccc(-c4cc(OCC(C)(C)O)cn5ncc(C#N)c45)cn3)C[C@@H]2C)nc1. The van der Waals surface area contributed by atoms with E-state index in [2.05, 4.69) is 45.2 Å². The van der Waals surface area contributed by atoms with Crippen molar-refractivity contribution in [2.45, 2.75) is 46.3 Å². The van der Waals surface area contributed by atoms with Crippen LogP contribution in [0, 0.1) is 30.1 Å². The van der Waals surface area contributed by atoms with Gasteiger partial charge in [-0.2, -0.15) is 10.4 Å². The van der Waals surface area contributed by atoms with Gasteiger partial charge >= 0.3 is 0 Å². The Balaban J connectivity index is 1.37. The Morgan fingerprint density at radius 3 is 2.44 bits per heavy atom. The van der Waals surface area contributed by atoms with Crippen molar-refractivity contribution in [1.82, 2.24) is 24.6 Å². The number of hydrogen-bond donors (Lipinski definition) is 2. The second-order valence-corrected chi connectivity index (χ2v) is 11.2. The minimum Gasteiger partial charge on any atom is -0.489 e. The molecule has 202 valence electrons. The van der Waals surface area contributed by atoms with E-state index in [4.69, 9.17) is 9.72 Å². The highest BCUT2D eigenvalue weighted by atomic mass is 16.5. The van der Waals surface area contributed by atoms with Gasteiger partial charge in [-0.15, -0.1) is 0 Å². The molecule has 0 spiro atoms. The lowest BCUT2D eigenvalue weighted by atomic mass is 9.86. The molecule has 0 aliphatic carbocycles. The van der Waals surface area contributed by atoms with E-state index in [0.29, 0.717) is 34.6 Å². The molecule has 0 unspecified atom stereocenters. The number of rotatable bonds is 7. The third kappa shape index (κ3) is 5.78. The number of nitrogens with zero attached hydrogens (tertiary/aromatic N) is 7. The van der Waals surface area contributed by atoms with Crippen LogP contribution in [0.2, 0.25) is 0 Å². The number of nitrogens with one attached hydrogen (secondary N) is 1. The summed E-state index contributed by atoms with van der Waals surface area (Å²) >= 11 is 0. The second-order valence-electron chi connectivity index (χ2n) is 11.2. The topological polar surface area (TPSA) is 124 Å². The highest BCUT2D eigenvalue weighted by Crippen LogP contribution is 2.33. The minimum atomic E-state index is -0.981. The maximum atomic E-state index is 10.1. The maximum Gasteiger partial charge on any atom is 0.222 e. The molecule has 4 aromatic heterocycles. The van der Waals surface area contributed by atoms with Crippen molar-refractivity contribution >= 4 is 17.3 Å². The molecule has 0 bridgehead atoms. The van der Waals surface area contributed by atoms with E-state index < -0.39 is 5.60 Å². The fraction of sp³-hybridized carbons (Fsp3) is 0.414. The molecule has 5 heterocycles. The Hall–Kier alpha value is -4.23. The van der Waals surface area contributed by atoms with E-state index in [1.54, 1.807) is 30.8 Å². The van der Waals surface area contributed by atoms with Crippen LogP contribution in [0.4, 0.5) is 11.8 Å².